The molecule has 9 nitrogen and oxygen atoms in total. The Kier molecular flexibility index (Phi) is 8.52. The van der Waals surface area contributed by atoms with Gasteiger partial charge in [0, 0.05) is 39.6 Å². The lowest BCUT2D eigenvalue weighted by Gasteiger charge is -2.26. The van der Waals surface area contributed by atoms with Crippen molar-refractivity contribution in [3.8, 4) is 0 Å². The predicted molar refractivity (Wildman–Crippen MR) is 105 cm³/mol. The molecule has 0 spiro atoms. The van der Waals surface area contributed by atoms with E-state index in [4.69, 9.17) is 4.74 Å². The molecular weight excluding hydrogens is 425 g/mol. The number of nitrogens with one attached hydrogen (secondary N) is 1. The molecule has 0 atom stereocenters. The number of amides is 1. The zero-order valence-electron chi connectivity index (χ0n) is 16.2. The van der Waals surface area contributed by atoms with Crippen LogP contribution in [0.4, 0.5) is 4.39 Å². The predicted octanol–water partition coefficient (Wildman–Crippen LogP) is 0.00460. The highest BCUT2D eigenvalue weighted by molar-refractivity contribution is 7.89. The monoisotopic (exact) mass is 451 g/mol. The van der Waals surface area contributed by atoms with Gasteiger partial charge in [-0.3, -0.25) is 4.79 Å². The van der Waals surface area contributed by atoms with E-state index in [2.05, 4.69) is 5.32 Å². The minimum absolute atomic E-state index is 0.0117. The molecule has 1 N–H and O–H groups in total. The van der Waals surface area contributed by atoms with Crippen LogP contribution in [0.2, 0.25) is 0 Å². The second kappa shape index (κ2) is 10.4. The summed E-state index contributed by atoms with van der Waals surface area (Å²) in [6.45, 7) is 1.43. The van der Waals surface area contributed by atoms with Gasteiger partial charge in [0.2, 0.25) is 26.0 Å². The number of nitrogens with zero attached hydrogens (tertiary/aromatic N) is 2. The zero-order valence-corrected chi connectivity index (χ0v) is 17.8. The van der Waals surface area contributed by atoms with Crippen molar-refractivity contribution in [3.05, 3.63) is 30.1 Å². The van der Waals surface area contributed by atoms with Crippen molar-refractivity contribution in [1.82, 2.24) is 13.9 Å². The molecule has 0 aliphatic carbocycles. The van der Waals surface area contributed by atoms with Gasteiger partial charge in [0.25, 0.3) is 0 Å². The third-order valence-electron chi connectivity index (χ3n) is 4.44. The first-order valence-corrected chi connectivity index (χ1v) is 12.2. The number of morpholine rings is 1. The topological polar surface area (TPSA) is 113 Å². The largest absolute Gasteiger partial charge is 0.379 e. The molecule has 0 saturated carbocycles. The van der Waals surface area contributed by atoms with Crippen LogP contribution < -0.4 is 5.32 Å². The van der Waals surface area contributed by atoms with Gasteiger partial charge in [-0.15, -0.1) is 0 Å². The Balaban J connectivity index is 1.71. The number of hydrogen-bond acceptors (Lipinski definition) is 6. The lowest BCUT2D eigenvalue weighted by molar-refractivity contribution is -0.121. The number of ether oxygens (including phenoxy) is 1. The van der Waals surface area contributed by atoms with Crippen LogP contribution in [0.25, 0.3) is 0 Å². The number of benzene rings is 1. The normalized spacial score (nSPS) is 16.1. The quantitative estimate of drug-likeness (QED) is 0.536. The molecule has 2 rings (SSSR count). The molecule has 1 fully saturated rings. The average molecular weight is 452 g/mol. The first-order chi connectivity index (χ1) is 13.6. The lowest BCUT2D eigenvalue weighted by Crippen LogP contribution is -2.43. The molecule has 1 aliphatic heterocycles. The number of sulfonamides is 2. The molecule has 0 radical (unpaired) electrons. The molecule has 1 aromatic carbocycles. The van der Waals surface area contributed by atoms with Crippen LogP contribution in [0, 0.1) is 5.82 Å². The number of rotatable bonds is 10. The van der Waals surface area contributed by atoms with E-state index < -0.39 is 25.9 Å². The van der Waals surface area contributed by atoms with E-state index in [1.54, 1.807) is 0 Å². The minimum Gasteiger partial charge on any atom is -0.379 e. The summed E-state index contributed by atoms with van der Waals surface area (Å²) in [5.41, 5.74) is 0. The Morgan fingerprint density at radius 1 is 1.17 bits per heavy atom. The number of carbonyl (C=O) groups is 1. The second-order valence-electron chi connectivity index (χ2n) is 6.56. The first kappa shape index (κ1) is 23.7. The Bertz CT molecular complexity index is 884. The fourth-order valence-electron chi connectivity index (χ4n) is 2.73. The van der Waals surface area contributed by atoms with Crippen LogP contribution in [0.15, 0.2) is 29.2 Å². The van der Waals surface area contributed by atoms with Crippen molar-refractivity contribution in [2.75, 3.05) is 52.2 Å². The molecule has 0 bridgehead atoms. The summed E-state index contributed by atoms with van der Waals surface area (Å²) in [4.78, 5) is 11.9. The Morgan fingerprint density at radius 2 is 1.79 bits per heavy atom. The van der Waals surface area contributed by atoms with E-state index in [0.29, 0.717) is 26.3 Å². The van der Waals surface area contributed by atoms with Crippen molar-refractivity contribution >= 4 is 26.0 Å². The van der Waals surface area contributed by atoms with Crippen molar-refractivity contribution in [2.45, 2.75) is 17.7 Å². The summed E-state index contributed by atoms with van der Waals surface area (Å²) in [7, 11) is -5.82. The van der Waals surface area contributed by atoms with E-state index >= 15 is 0 Å². The van der Waals surface area contributed by atoms with Gasteiger partial charge in [0.15, 0.2) is 0 Å². The maximum absolute atomic E-state index is 12.9. The molecule has 1 aliphatic rings. The fraction of sp³-hybridized carbons (Fsp3) is 0.588. The van der Waals surface area contributed by atoms with Gasteiger partial charge >= 0.3 is 0 Å². The molecule has 164 valence electrons. The highest BCUT2D eigenvalue weighted by atomic mass is 32.2. The summed E-state index contributed by atoms with van der Waals surface area (Å²) >= 11 is 0. The van der Waals surface area contributed by atoms with Crippen LogP contribution in [0.5, 0.6) is 0 Å². The SMILES string of the molecule is CN(CCCC(=O)NCCS(=O)(=O)N1CCOCC1)S(=O)(=O)c1ccc(F)cc1. The fourth-order valence-corrected chi connectivity index (χ4v) is 5.26. The summed E-state index contributed by atoms with van der Waals surface area (Å²) in [5, 5.41) is 2.54. The molecule has 29 heavy (non-hydrogen) atoms. The van der Waals surface area contributed by atoms with Crippen LogP contribution in [0.3, 0.4) is 0 Å². The van der Waals surface area contributed by atoms with E-state index in [0.717, 1.165) is 16.4 Å². The Morgan fingerprint density at radius 3 is 2.41 bits per heavy atom. The molecule has 12 heteroatoms. The first-order valence-electron chi connectivity index (χ1n) is 9.17. The Hall–Kier alpha value is -1.60. The van der Waals surface area contributed by atoms with Gasteiger partial charge in [-0.05, 0) is 30.7 Å². The maximum Gasteiger partial charge on any atom is 0.242 e. The smallest absolute Gasteiger partial charge is 0.242 e. The number of carbonyl (C=O) groups excluding carboxylic acids is 1. The summed E-state index contributed by atoms with van der Waals surface area (Å²) < 4.78 is 69.6. The molecule has 1 heterocycles. The van der Waals surface area contributed by atoms with Crippen LogP contribution in [-0.4, -0.2) is 83.5 Å². The van der Waals surface area contributed by atoms with E-state index in [-0.39, 0.29) is 42.5 Å². The van der Waals surface area contributed by atoms with Gasteiger partial charge in [0.1, 0.15) is 5.82 Å². The van der Waals surface area contributed by atoms with Crippen LogP contribution in [-0.2, 0) is 29.6 Å². The highest BCUT2D eigenvalue weighted by Gasteiger charge is 2.24. The van der Waals surface area contributed by atoms with Gasteiger partial charge in [-0.1, -0.05) is 0 Å². The minimum atomic E-state index is -3.76. The second-order valence-corrected chi connectivity index (χ2v) is 10.7. The maximum atomic E-state index is 12.9. The number of halogens is 1. The van der Waals surface area contributed by atoms with Gasteiger partial charge in [0.05, 0.1) is 23.9 Å². The van der Waals surface area contributed by atoms with Gasteiger partial charge < -0.3 is 10.1 Å². The summed E-state index contributed by atoms with van der Waals surface area (Å²) in [5.74, 6) is -1.08. The third kappa shape index (κ3) is 7.00. The van der Waals surface area contributed by atoms with E-state index in [1.807, 2.05) is 0 Å². The van der Waals surface area contributed by atoms with E-state index in [1.165, 1.54) is 23.5 Å². The van der Waals surface area contributed by atoms with Crippen LogP contribution >= 0.6 is 0 Å². The number of hydrogen-bond donors (Lipinski definition) is 1. The molecule has 0 unspecified atom stereocenters. The Labute approximate surface area is 170 Å². The molecule has 1 amide bonds. The molecule has 0 aromatic heterocycles. The molecular formula is C17H26FN3O6S2. The van der Waals surface area contributed by atoms with Gasteiger partial charge in [-0.2, -0.15) is 4.31 Å². The lowest BCUT2D eigenvalue weighted by atomic mass is 10.3. The standard InChI is InChI=1S/C17H26FN3O6S2/c1-20(29(25,26)16-6-4-15(18)5-7-16)9-2-3-17(22)19-8-14-28(23,24)21-10-12-27-13-11-21/h4-7H,2-3,8-14H2,1H3,(H,19,22). The summed E-state index contributed by atoms with van der Waals surface area (Å²) in [6.07, 6.45) is 0.319. The summed E-state index contributed by atoms with van der Waals surface area (Å²) in [6, 6.07) is 4.50. The highest BCUT2D eigenvalue weighted by Crippen LogP contribution is 2.15. The van der Waals surface area contributed by atoms with Crippen molar-refractivity contribution in [2.24, 2.45) is 0 Å². The van der Waals surface area contributed by atoms with Gasteiger partial charge in [-0.25, -0.2) is 25.5 Å². The molecule has 1 saturated heterocycles. The average Bonchev–Trinajstić information content (AvgIpc) is 2.68. The van der Waals surface area contributed by atoms with Crippen molar-refractivity contribution in [3.63, 3.8) is 0 Å². The zero-order chi connectivity index (χ0) is 21.5. The van der Waals surface area contributed by atoms with Crippen molar-refractivity contribution < 1.29 is 30.8 Å². The third-order valence-corrected chi connectivity index (χ3v) is 8.19. The van der Waals surface area contributed by atoms with Crippen LogP contribution in [0.1, 0.15) is 12.8 Å². The molecule has 1 aromatic rings. The van der Waals surface area contributed by atoms with Crippen molar-refractivity contribution in [1.29, 1.82) is 0 Å². The van der Waals surface area contributed by atoms with E-state index in [9.17, 15) is 26.0 Å².